The van der Waals surface area contributed by atoms with Gasteiger partial charge in [0.2, 0.25) is 5.91 Å². The number of likely N-dealkylation sites (N-methyl/N-ethyl adjacent to an activating group) is 1. The minimum Gasteiger partial charge on any atom is -0.354 e. The Balaban J connectivity index is 2.73. The number of amides is 1. The number of carbonyl (C=O) groups excluding carboxylic acids is 1. The SMILES string of the molecule is CCSCCNC(=O)[C@@H](c1ccccc1F)N(C)C. The lowest BCUT2D eigenvalue weighted by Crippen LogP contribution is -2.38. The molecule has 1 amide bonds. The van der Waals surface area contributed by atoms with E-state index in [9.17, 15) is 9.18 Å². The fraction of sp³-hybridized carbons (Fsp3) is 0.500. The number of carbonyl (C=O) groups is 1. The molecule has 1 aromatic carbocycles. The number of hydrogen-bond acceptors (Lipinski definition) is 3. The van der Waals surface area contributed by atoms with E-state index in [1.807, 2.05) is 0 Å². The topological polar surface area (TPSA) is 32.3 Å². The van der Waals surface area contributed by atoms with Gasteiger partial charge in [-0.1, -0.05) is 25.1 Å². The van der Waals surface area contributed by atoms with Crippen molar-refractivity contribution in [2.24, 2.45) is 0 Å². The molecule has 0 fully saturated rings. The third-order valence-electron chi connectivity index (χ3n) is 2.71. The summed E-state index contributed by atoms with van der Waals surface area (Å²) in [7, 11) is 3.55. The van der Waals surface area contributed by atoms with E-state index in [4.69, 9.17) is 0 Å². The zero-order chi connectivity index (χ0) is 14.3. The van der Waals surface area contributed by atoms with E-state index in [-0.39, 0.29) is 11.7 Å². The number of nitrogens with one attached hydrogen (secondary N) is 1. The maximum Gasteiger partial charge on any atom is 0.242 e. The molecule has 0 unspecified atom stereocenters. The van der Waals surface area contributed by atoms with Gasteiger partial charge in [0.05, 0.1) is 0 Å². The Kier molecular flexibility index (Phi) is 6.87. The van der Waals surface area contributed by atoms with Crippen LogP contribution in [0.4, 0.5) is 4.39 Å². The Hall–Kier alpha value is -1.07. The first-order chi connectivity index (χ1) is 9.07. The Morgan fingerprint density at radius 1 is 1.42 bits per heavy atom. The molecule has 0 spiro atoms. The molecule has 0 aromatic heterocycles. The van der Waals surface area contributed by atoms with Crippen molar-refractivity contribution >= 4 is 17.7 Å². The monoisotopic (exact) mass is 284 g/mol. The van der Waals surface area contributed by atoms with Crippen LogP contribution in [-0.4, -0.2) is 43.0 Å². The largest absolute Gasteiger partial charge is 0.354 e. The number of hydrogen-bond donors (Lipinski definition) is 1. The summed E-state index contributed by atoms with van der Waals surface area (Å²) in [6, 6.07) is 5.82. The Labute approximate surface area is 118 Å². The van der Waals surface area contributed by atoms with E-state index in [1.165, 1.54) is 6.07 Å². The van der Waals surface area contributed by atoms with Crippen molar-refractivity contribution < 1.29 is 9.18 Å². The molecule has 3 nitrogen and oxygen atoms in total. The molecule has 19 heavy (non-hydrogen) atoms. The first-order valence-electron chi connectivity index (χ1n) is 6.34. The quantitative estimate of drug-likeness (QED) is 0.780. The number of thioether (sulfide) groups is 1. The molecule has 0 saturated carbocycles. The smallest absolute Gasteiger partial charge is 0.242 e. The maximum atomic E-state index is 13.8. The fourth-order valence-electron chi connectivity index (χ4n) is 1.84. The van der Waals surface area contributed by atoms with Crippen LogP contribution in [0, 0.1) is 5.82 Å². The summed E-state index contributed by atoms with van der Waals surface area (Å²) < 4.78 is 13.8. The van der Waals surface area contributed by atoms with Gasteiger partial charge in [-0.25, -0.2) is 4.39 Å². The Morgan fingerprint density at radius 3 is 2.68 bits per heavy atom. The van der Waals surface area contributed by atoms with Gasteiger partial charge in [-0.3, -0.25) is 9.69 Å². The van der Waals surface area contributed by atoms with Gasteiger partial charge in [-0.15, -0.1) is 0 Å². The lowest BCUT2D eigenvalue weighted by molar-refractivity contribution is -0.125. The van der Waals surface area contributed by atoms with Crippen molar-refractivity contribution in [1.82, 2.24) is 10.2 Å². The molecule has 1 atom stereocenters. The molecule has 1 aromatic rings. The van der Waals surface area contributed by atoms with Crippen molar-refractivity contribution in [1.29, 1.82) is 0 Å². The van der Waals surface area contributed by atoms with Crippen LogP contribution in [0.2, 0.25) is 0 Å². The zero-order valence-electron chi connectivity index (χ0n) is 11.6. The molecule has 5 heteroatoms. The van der Waals surface area contributed by atoms with E-state index < -0.39 is 6.04 Å². The molecule has 106 valence electrons. The molecule has 1 rings (SSSR count). The molecule has 0 heterocycles. The normalized spacial score (nSPS) is 12.5. The van der Waals surface area contributed by atoms with Crippen LogP contribution >= 0.6 is 11.8 Å². The van der Waals surface area contributed by atoms with Gasteiger partial charge in [-0.2, -0.15) is 11.8 Å². The van der Waals surface area contributed by atoms with Crippen LogP contribution in [0.15, 0.2) is 24.3 Å². The van der Waals surface area contributed by atoms with Crippen LogP contribution in [-0.2, 0) is 4.79 Å². The van der Waals surface area contributed by atoms with Gasteiger partial charge in [0.1, 0.15) is 11.9 Å². The summed E-state index contributed by atoms with van der Waals surface area (Å²) in [4.78, 5) is 13.9. The summed E-state index contributed by atoms with van der Waals surface area (Å²) in [6.07, 6.45) is 0. The first-order valence-corrected chi connectivity index (χ1v) is 7.49. The second-order valence-electron chi connectivity index (χ2n) is 4.38. The number of rotatable bonds is 7. The molecule has 0 radical (unpaired) electrons. The summed E-state index contributed by atoms with van der Waals surface area (Å²) in [5, 5.41) is 2.86. The third-order valence-corrected chi connectivity index (χ3v) is 3.62. The molecule has 0 aliphatic rings. The molecule has 0 bridgehead atoms. The summed E-state index contributed by atoms with van der Waals surface area (Å²) in [5.74, 6) is 1.39. The molecule has 0 aliphatic heterocycles. The lowest BCUT2D eigenvalue weighted by Gasteiger charge is -2.24. The van der Waals surface area contributed by atoms with Crippen molar-refractivity contribution in [3.8, 4) is 0 Å². The van der Waals surface area contributed by atoms with Gasteiger partial charge >= 0.3 is 0 Å². The van der Waals surface area contributed by atoms with Crippen molar-refractivity contribution in [3.05, 3.63) is 35.6 Å². The first kappa shape index (κ1) is 16.0. The Morgan fingerprint density at radius 2 is 2.11 bits per heavy atom. The van der Waals surface area contributed by atoms with E-state index in [2.05, 4.69) is 12.2 Å². The van der Waals surface area contributed by atoms with Gasteiger partial charge < -0.3 is 5.32 Å². The zero-order valence-corrected chi connectivity index (χ0v) is 12.5. The van der Waals surface area contributed by atoms with Crippen LogP contribution in [0.5, 0.6) is 0 Å². The summed E-state index contributed by atoms with van der Waals surface area (Å²) >= 11 is 1.77. The predicted octanol–water partition coefficient (Wildman–Crippen LogP) is 2.30. The fourth-order valence-corrected chi connectivity index (χ4v) is 2.37. The van der Waals surface area contributed by atoms with Crippen LogP contribution in [0.25, 0.3) is 0 Å². The number of benzene rings is 1. The summed E-state index contributed by atoms with van der Waals surface area (Å²) in [6.45, 7) is 2.69. The highest BCUT2D eigenvalue weighted by molar-refractivity contribution is 7.99. The average molecular weight is 284 g/mol. The van der Waals surface area contributed by atoms with Gasteiger partial charge in [0.25, 0.3) is 0 Å². The molecular weight excluding hydrogens is 263 g/mol. The number of nitrogens with zero attached hydrogens (tertiary/aromatic N) is 1. The van der Waals surface area contributed by atoms with E-state index in [1.54, 1.807) is 49.0 Å². The van der Waals surface area contributed by atoms with Gasteiger partial charge in [-0.05, 0) is 25.9 Å². The van der Waals surface area contributed by atoms with Crippen LogP contribution in [0.1, 0.15) is 18.5 Å². The second kappa shape index (κ2) is 8.17. The average Bonchev–Trinajstić information content (AvgIpc) is 2.37. The van der Waals surface area contributed by atoms with Crippen molar-refractivity contribution in [2.45, 2.75) is 13.0 Å². The lowest BCUT2D eigenvalue weighted by atomic mass is 10.0. The highest BCUT2D eigenvalue weighted by atomic mass is 32.2. The second-order valence-corrected chi connectivity index (χ2v) is 5.77. The molecule has 1 N–H and O–H groups in total. The summed E-state index contributed by atoms with van der Waals surface area (Å²) in [5.41, 5.74) is 0.410. The van der Waals surface area contributed by atoms with Gasteiger partial charge in [0, 0.05) is 17.9 Å². The van der Waals surface area contributed by atoms with Crippen LogP contribution in [0.3, 0.4) is 0 Å². The van der Waals surface area contributed by atoms with E-state index in [0.717, 1.165) is 11.5 Å². The van der Waals surface area contributed by atoms with Crippen molar-refractivity contribution in [2.75, 3.05) is 32.1 Å². The number of halogens is 1. The molecular formula is C14H21FN2OS. The minimum absolute atomic E-state index is 0.160. The highest BCUT2D eigenvalue weighted by Gasteiger charge is 2.24. The standard InChI is InChI=1S/C14H21FN2OS/c1-4-19-10-9-16-14(18)13(17(2)3)11-7-5-6-8-12(11)15/h5-8,13H,4,9-10H2,1-3H3,(H,16,18)/t13-/m1/s1. The van der Waals surface area contributed by atoms with E-state index in [0.29, 0.717) is 12.1 Å². The third kappa shape index (κ3) is 4.84. The molecule has 0 saturated heterocycles. The molecule has 0 aliphatic carbocycles. The maximum absolute atomic E-state index is 13.8. The van der Waals surface area contributed by atoms with Crippen LogP contribution < -0.4 is 5.32 Å². The highest BCUT2D eigenvalue weighted by Crippen LogP contribution is 2.21. The van der Waals surface area contributed by atoms with E-state index >= 15 is 0 Å². The predicted molar refractivity (Wildman–Crippen MR) is 78.8 cm³/mol. The van der Waals surface area contributed by atoms with Crippen molar-refractivity contribution in [3.63, 3.8) is 0 Å². The minimum atomic E-state index is -0.590. The van der Waals surface area contributed by atoms with Gasteiger partial charge in [0.15, 0.2) is 0 Å². The Bertz CT molecular complexity index is 412.